The largest absolute Gasteiger partial charge is 0.350 e. The van der Waals surface area contributed by atoms with Crippen LogP contribution >= 0.6 is 0 Å². The molecular formula is C15H23N3O3. The second-order valence-electron chi connectivity index (χ2n) is 5.87. The van der Waals surface area contributed by atoms with Crippen LogP contribution in [-0.4, -0.2) is 39.9 Å². The van der Waals surface area contributed by atoms with Crippen molar-refractivity contribution in [1.82, 2.24) is 14.8 Å². The van der Waals surface area contributed by atoms with Crippen LogP contribution in [0, 0.1) is 0 Å². The summed E-state index contributed by atoms with van der Waals surface area (Å²) in [6, 6.07) is 4.71. The van der Waals surface area contributed by atoms with E-state index in [0.717, 1.165) is 0 Å². The summed E-state index contributed by atoms with van der Waals surface area (Å²) in [6.45, 7) is 7.80. The normalized spacial score (nSPS) is 11.0. The number of pyridine rings is 1. The van der Waals surface area contributed by atoms with Gasteiger partial charge in [0.1, 0.15) is 6.54 Å². The zero-order valence-corrected chi connectivity index (χ0v) is 13.0. The van der Waals surface area contributed by atoms with E-state index in [1.807, 2.05) is 20.8 Å². The number of likely N-dealkylation sites (N-methyl/N-ethyl adjacent to an activating group) is 1. The molecule has 0 aromatic carbocycles. The first-order valence-corrected chi connectivity index (χ1v) is 6.97. The molecule has 0 unspecified atom stereocenters. The highest BCUT2D eigenvalue weighted by Crippen LogP contribution is 1.99. The predicted molar refractivity (Wildman–Crippen MR) is 80.9 cm³/mol. The number of hydrogen-bond acceptors (Lipinski definition) is 3. The van der Waals surface area contributed by atoms with Gasteiger partial charge in [-0.05, 0) is 33.8 Å². The number of amides is 2. The average molecular weight is 293 g/mol. The van der Waals surface area contributed by atoms with Gasteiger partial charge in [0, 0.05) is 24.3 Å². The van der Waals surface area contributed by atoms with Crippen LogP contribution in [0.15, 0.2) is 29.2 Å². The molecule has 1 heterocycles. The van der Waals surface area contributed by atoms with Crippen LogP contribution in [0.5, 0.6) is 0 Å². The van der Waals surface area contributed by atoms with Crippen LogP contribution < -0.4 is 10.9 Å². The Morgan fingerprint density at radius 1 is 1.29 bits per heavy atom. The molecule has 0 aliphatic carbocycles. The van der Waals surface area contributed by atoms with Crippen LogP contribution in [0.1, 0.15) is 27.7 Å². The molecule has 1 N–H and O–H groups in total. The first kappa shape index (κ1) is 16.9. The molecule has 0 saturated heterocycles. The van der Waals surface area contributed by atoms with E-state index >= 15 is 0 Å². The maximum atomic E-state index is 12.2. The van der Waals surface area contributed by atoms with E-state index in [-0.39, 0.29) is 36.0 Å². The summed E-state index contributed by atoms with van der Waals surface area (Å²) in [7, 11) is 0. The molecule has 1 aromatic heterocycles. The van der Waals surface area contributed by atoms with Gasteiger partial charge in [0.25, 0.3) is 5.56 Å². The van der Waals surface area contributed by atoms with Crippen LogP contribution in [0.25, 0.3) is 0 Å². The van der Waals surface area contributed by atoms with E-state index in [1.165, 1.54) is 15.5 Å². The second-order valence-corrected chi connectivity index (χ2v) is 5.87. The molecule has 0 aliphatic rings. The molecule has 0 saturated carbocycles. The Kier molecular flexibility index (Phi) is 5.69. The van der Waals surface area contributed by atoms with Gasteiger partial charge in [0.05, 0.1) is 6.54 Å². The van der Waals surface area contributed by atoms with Gasteiger partial charge in [-0.15, -0.1) is 0 Å². The highest BCUT2D eigenvalue weighted by atomic mass is 16.2. The van der Waals surface area contributed by atoms with E-state index in [4.69, 9.17) is 0 Å². The Morgan fingerprint density at radius 2 is 1.95 bits per heavy atom. The lowest BCUT2D eigenvalue weighted by molar-refractivity contribution is -0.136. The Labute approximate surface area is 124 Å². The quantitative estimate of drug-likeness (QED) is 0.864. The van der Waals surface area contributed by atoms with Crippen molar-refractivity contribution in [3.8, 4) is 0 Å². The van der Waals surface area contributed by atoms with E-state index in [1.54, 1.807) is 25.3 Å². The number of rotatable bonds is 5. The van der Waals surface area contributed by atoms with Crippen molar-refractivity contribution >= 4 is 11.8 Å². The predicted octanol–water partition coefficient (Wildman–Crippen LogP) is 0.611. The maximum absolute atomic E-state index is 12.2. The van der Waals surface area contributed by atoms with Gasteiger partial charge >= 0.3 is 0 Å². The summed E-state index contributed by atoms with van der Waals surface area (Å²) < 4.78 is 1.33. The molecule has 0 radical (unpaired) electrons. The van der Waals surface area contributed by atoms with Gasteiger partial charge in [-0.2, -0.15) is 0 Å². The summed E-state index contributed by atoms with van der Waals surface area (Å²) in [6.07, 6.45) is 1.56. The Morgan fingerprint density at radius 3 is 2.48 bits per heavy atom. The minimum absolute atomic E-state index is 0.00577. The summed E-state index contributed by atoms with van der Waals surface area (Å²) in [5, 5.41) is 2.81. The Hall–Kier alpha value is -2.11. The fourth-order valence-electron chi connectivity index (χ4n) is 1.84. The molecule has 0 bridgehead atoms. The van der Waals surface area contributed by atoms with Gasteiger partial charge in [0.2, 0.25) is 11.8 Å². The molecule has 1 rings (SSSR count). The van der Waals surface area contributed by atoms with Crippen LogP contribution in [0.4, 0.5) is 0 Å². The molecule has 1 aromatic rings. The standard InChI is InChI=1S/C15H23N3O3/c1-5-17(10-12(19)16-15(2,3)4)14(21)11-18-9-7-6-8-13(18)20/h6-9H,5,10-11H2,1-4H3,(H,16,19). The SMILES string of the molecule is CCN(CC(=O)NC(C)(C)C)C(=O)Cn1ccccc1=O. The molecule has 0 aliphatic heterocycles. The molecule has 6 nitrogen and oxygen atoms in total. The van der Waals surface area contributed by atoms with Gasteiger partial charge in [0.15, 0.2) is 0 Å². The van der Waals surface area contributed by atoms with E-state index in [0.29, 0.717) is 6.54 Å². The third-order valence-corrected chi connectivity index (χ3v) is 2.79. The summed E-state index contributed by atoms with van der Waals surface area (Å²) in [4.78, 5) is 37.1. The number of nitrogens with one attached hydrogen (secondary N) is 1. The monoisotopic (exact) mass is 293 g/mol. The van der Waals surface area contributed by atoms with Gasteiger partial charge in [-0.3, -0.25) is 14.4 Å². The lowest BCUT2D eigenvalue weighted by Gasteiger charge is -2.25. The van der Waals surface area contributed by atoms with E-state index < -0.39 is 0 Å². The lowest BCUT2D eigenvalue weighted by Crippen LogP contribution is -2.48. The van der Waals surface area contributed by atoms with Crippen molar-refractivity contribution in [3.05, 3.63) is 34.7 Å². The zero-order valence-electron chi connectivity index (χ0n) is 13.0. The Balaban J connectivity index is 2.68. The molecule has 0 atom stereocenters. The number of nitrogens with zero attached hydrogens (tertiary/aromatic N) is 2. The maximum Gasteiger partial charge on any atom is 0.250 e. The summed E-state index contributed by atoms with van der Waals surface area (Å²) in [5.41, 5.74) is -0.573. The highest BCUT2D eigenvalue weighted by Gasteiger charge is 2.19. The summed E-state index contributed by atoms with van der Waals surface area (Å²) in [5.74, 6) is -0.465. The van der Waals surface area contributed by atoms with Gasteiger partial charge < -0.3 is 14.8 Å². The molecule has 6 heteroatoms. The minimum atomic E-state index is -0.337. The lowest BCUT2D eigenvalue weighted by atomic mass is 10.1. The fraction of sp³-hybridized carbons (Fsp3) is 0.533. The molecule has 116 valence electrons. The number of aromatic nitrogens is 1. The van der Waals surface area contributed by atoms with Crippen molar-refractivity contribution in [3.63, 3.8) is 0 Å². The molecule has 0 spiro atoms. The topological polar surface area (TPSA) is 71.4 Å². The van der Waals surface area contributed by atoms with Crippen LogP contribution in [-0.2, 0) is 16.1 Å². The molecule has 2 amide bonds. The van der Waals surface area contributed by atoms with E-state index in [9.17, 15) is 14.4 Å². The number of carbonyl (C=O) groups is 2. The van der Waals surface area contributed by atoms with Crippen LogP contribution in [0.3, 0.4) is 0 Å². The fourth-order valence-corrected chi connectivity index (χ4v) is 1.84. The molecule has 21 heavy (non-hydrogen) atoms. The number of hydrogen-bond donors (Lipinski definition) is 1. The van der Waals surface area contributed by atoms with Crippen molar-refractivity contribution in [2.75, 3.05) is 13.1 Å². The smallest absolute Gasteiger partial charge is 0.250 e. The van der Waals surface area contributed by atoms with Gasteiger partial charge in [-0.1, -0.05) is 6.07 Å². The molecular weight excluding hydrogens is 270 g/mol. The van der Waals surface area contributed by atoms with Gasteiger partial charge in [-0.25, -0.2) is 0 Å². The zero-order chi connectivity index (χ0) is 16.0. The van der Waals surface area contributed by atoms with Crippen molar-refractivity contribution in [2.45, 2.75) is 39.8 Å². The van der Waals surface area contributed by atoms with Crippen molar-refractivity contribution in [1.29, 1.82) is 0 Å². The van der Waals surface area contributed by atoms with Crippen molar-refractivity contribution in [2.24, 2.45) is 0 Å². The summed E-state index contributed by atoms with van der Waals surface area (Å²) >= 11 is 0. The third kappa shape index (κ3) is 5.81. The minimum Gasteiger partial charge on any atom is -0.350 e. The highest BCUT2D eigenvalue weighted by molar-refractivity contribution is 5.85. The van der Waals surface area contributed by atoms with Crippen LogP contribution in [0.2, 0.25) is 0 Å². The van der Waals surface area contributed by atoms with Crippen molar-refractivity contribution < 1.29 is 9.59 Å². The third-order valence-electron chi connectivity index (χ3n) is 2.79. The number of carbonyl (C=O) groups excluding carboxylic acids is 2. The molecule has 0 fully saturated rings. The average Bonchev–Trinajstić information content (AvgIpc) is 2.36. The Bertz CT molecular complexity index is 558. The first-order chi connectivity index (χ1) is 9.73. The van der Waals surface area contributed by atoms with E-state index in [2.05, 4.69) is 5.32 Å². The second kappa shape index (κ2) is 7.06. The first-order valence-electron chi connectivity index (χ1n) is 6.97.